The number of unbranched alkanes of at least 4 members (excludes halogenated alkanes) is 1. The van der Waals surface area contributed by atoms with Crippen molar-refractivity contribution in [3.8, 4) is 11.5 Å². The molecular weight excluding hydrogens is 356 g/mol. The summed E-state index contributed by atoms with van der Waals surface area (Å²) in [6, 6.07) is 12.3. The van der Waals surface area contributed by atoms with Crippen LogP contribution in [0.3, 0.4) is 0 Å². The predicted molar refractivity (Wildman–Crippen MR) is 111 cm³/mol. The average Bonchev–Trinajstić information content (AvgIpc) is 2.72. The third kappa shape index (κ3) is 5.87. The molecule has 0 fully saturated rings. The Morgan fingerprint density at radius 2 is 1.79 bits per heavy atom. The van der Waals surface area contributed by atoms with Gasteiger partial charge in [0.05, 0.1) is 25.5 Å². The Balaban J connectivity index is 2.07. The molecule has 0 saturated heterocycles. The molecule has 0 aliphatic heterocycles. The molecule has 2 amide bonds. The van der Waals surface area contributed by atoms with E-state index >= 15 is 0 Å². The van der Waals surface area contributed by atoms with Crippen molar-refractivity contribution in [1.29, 1.82) is 0 Å². The highest BCUT2D eigenvalue weighted by atomic mass is 16.5. The summed E-state index contributed by atoms with van der Waals surface area (Å²) < 4.78 is 10.5. The van der Waals surface area contributed by atoms with Gasteiger partial charge in [0.15, 0.2) is 11.5 Å². The van der Waals surface area contributed by atoms with E-state index in [0.29, 0.717) is 29.3 Å². The maximum atomic E-state index is 12.3. The van der Waals surface area contributed by atoms with Crippen LogP contribution in [-0.2, 0) is 4.79 Å². The standard InChI is InChI=1S/C22H26N2O4/c1-4-5-14-23-22(26)17-8-6-7-9-18(17)24-21(25)13-11-16-10-12-19(27-2)20(15-16)28-3/h6-13,15H,4-5,14H2,1-3H3,(H,23,26)(H,24,25). The summed E-state index contributed by atoms with van der Waals surface area (Å²) in [7, 11) is 3.12. The van der Waals surface area contributed by atoms with Gasteiger partial charge in [0, 0.05) is 12.6 Å². The summed E-state index contributed by atoms with van der Waals surface area (Å²) in [5, 5.41) is 5.62. The van der Waals surface area contributed by atoms with Gasteiger partial charge in [-0.2, -0.15) is 0 Å². The lowest BCUT2D eigenvalue weighted by Crippen LogP contribution is -2.25. The summed E-state index contributed by atoms with van der Waals surface area (Å²) in [5.74, 6) is 0.670. The first kappa shape index (κ1) is 21.0. The van der Waals surface area contributed by atoms with Crippen LogP contribution in [0.1, 0.15) is 35.7 Å². The number of ether oxygens (including phenoxy) is 2. The van der Waals surface area contributed by atoms with Crippen LogP contribution in [0.4, 0.5) is 5.69 Å². The molecule has 0 radical (unpaired) electrons. The summed E-state index contributed by atoms with van der Waals surface area (Å²) in [5.41, 5.74) is 1.70. The number of para-hydroxylation sites is 1. The van der Waals surface area contributed by atoms with E-state index in [2.05, 4.69) is 17.6 Å². The fourth-order valence-corrected chi connectivity index (χ4v) is 2.57. The summed E-state index contributed by atoms with van der Waals surface area (Å²) in [6.07, 6.45) is 4.99. The third-order valence-electron chi connectivity index (χ3n) is 4.08. The van der Waals surface area contributed by atoms with Crippen LogP contribution in [0.15, 0.2) is 48.5 Å². The van der Waals surface area contributed by atoms with Gasteiger partial charge in [-0.05, 0) is 42.3 Å². The Morgan fingerprint density at radius 1 is 1.04 bits per heavy atom. The molecule has 0 spiro atoms. The highest BCUT2D eigenvalue weighted by Gasteiger charge is 2.11. The number of carbonyl (C=O) groups excluding carboxylic acids is 2. The molecule has 0 heterocycles. The van der Waals surface area contributed by atoms with Crippen molar-refractivity contribution in [3.63, 3.8) is 0 Å². The van der Waals surface area contributed by atoms with Gasteiger partial charge in [0.1, 0.15) is 0 Å². The van der Waals surface area contributed by atoms with E-state index in [9.17, 15) is 9.59 Å². The SMILES string of the molecule is CCCCNC(=O)c1ccccc1NC(=O)C=Cc1ccc(OC)c(OC)c1. The zero-order valence-electron chi connectivity index (χ0n) is 16.5. The van der Waals surface area contributed by atoms with E-state index in [1.807, 2.05) is 6.07 Å². The highest BCUT2D eigenvalue weighted by Crippen LogP contribution is 2.28. The molecule has 2 N–H and O–H groups in total. The topological polar surface area (TPSA) is 76.7 Å². The monoisotopic (exact) mass is 382 g/mol. The van der Waals surface area contributed by atoms with Crippen LogP contribution in [0.5, 0.6) is 11.5 Å². The van der Waals surface area contributed by atoms with Crippen molar-refractivity contribution in [2.24, 2.45) is 0 Å². The number of hydrogen-bond donors (Lipinski definition) is 2. The van der Waals surface area contributed by atoms with Gasteiger partial charge in [0.25, 0.3) is 5.91 Å². The number of methoxy groups -OCH3 is 2. The van der Waals surface area contributed by atoms with Gasteiger partial charge in [-0.3, -0.25) is 9.59 Å². The molecule has 28 heavy (non-hydrogen) atoms. The van der Waals surface area contributed by atoms with E-state index in [1.165, 1.54) is 6.08 Å². The number of amides is 2. The van der Waals surface area contributed by atoms with Crippen LogP contribution in [0, 0.1) is 0 Å². The maximum absolute atomic E-state index is 12.3. The minimum atomic E-state index is -0.330. The number of benzene rings is 2. The first-order valence-electron chi connectivity index (χ1n) is 9.17. The zero-order valence-corrected chi connectivity index (χ0v) is 16.5. The van der Waals surface area contributed by atoms with Crippen LogP contribution in [0.25, 0.3) is 6.08 Å². The van der Waals surface area contributed by atoms with E-state index < -0.39 is 0 Å². The molecule has 6 heteroatoms. The lowest BCUT2D eigenvalue weighted by Gasteiger charge is -2.10. The smallest absolute Gasteiger partial charge is 0.253 e. The molecule has 2 rings (SSSR count). The summed E-state index contributed by atoms with van der Waals surface area (Å²) >= 11 is 0. The van der Waals surface area contributed by atoms with Crippen molar-refractivity contribution < 1.29 is 19.1 Å². The minimum absolute atomic E-state index is 0.201. The molecule has 148 valence electrons. The van der Waals surface area contributed by atoms with E-state index in [-0.39, 0.29) is 11.8 Å². The van der Waals surface area contributed by atoms with Crippen LogP contribution in [0.2, 0.25) is 0 Å². The quantitative estimate of drug-likeness (QED) is 0.510. The molecule has 0 saturated carbocycles. The van der Waals surface area contributed by atoms with Gasteiger partial charge in [-0.25, -0.2) is 0 Å². The van der Waals surface area contributed by atoms with Crippen LogP contribution in [-0.4, -0.2) is 32.6 Å². The Labute approximate surface area is 165 Å². The zero-order chi connectivity index (χ0) is 20.4. The number of nitrogens with one attached hydrogen (secondary N) is 2. The Morgan fingerprint density at radius 3 is 2.50 bits per heavy atom. The fraction of sp³-hybridized carbons (Fsp3) is 0.273. The summed E-state index contributed by atoms with van der Waals surface area (Å²) in [4.78, 5) is 24.6. The number of anilines is 1. The molecular formula is C22H26N2O4. The van der Waals surface area contributed by atoms with Crippen molar-refractivity contribution in [3.05, 3.63) is 59.7 Å². The molecule has 6 nitrogen and oxygen atoms in total. The van der Waals surface area contributed by atoms with Crippen LogP contribution < -0.4 is 20.1 Å². The van der Waals surface area contributed by atoms with Crippen molar-refractivity contribution >= 4 is 23.6 Å². The molecule has 2 aromatic rings. The fourth-order valence-electron chi connectivity index (χ4n) is 2.57. The van der Waals surface area contributed by atoms with E-state index in [0.717, 1.165) is 18.4 Å². The van der Waals surface area contributed by atoms with Crippen molar-refractivity contribution in [2.75, 3.05) is 26.1 Å². The number of hydrogen-bond acceptors (Lipinski definition) is 4. The molecule has 0 aliphatic carbocycles. The second kappa shape index (κ2) is 10.8. The van der Waals surface area contributed by atoms with Gasteiger partial charge >= 0.3 is 0 Å². The van der Waals surface area contributed by atoms with E-state index in [4.69, 9.17) is 9.47 Å². The van der Waals surface area contributed by atoms with Crippen molar-refractivity contribution in [1.82, 2.24) is 5.32 Å². The molecule has 0 aliphatic rings. The average molecular weight is 382 g/mol. The van der Waals surface area contributed by atoms with Crippen LogP contribution >= 0.6 is 0 Å². The Hall–Kier alpha value is -3.28. The molecule has 0 aromatic heterocycles. The van der Waals surface area contributed by atoms with Crippen molar-refractivity contribution in [2.45, 2.75) is 19.8 Å². The molecule has 0 bridgehead atoms. The first-order chi connectivity index (χ1) is 13.6. The number of carbonyl (C=O) groups is 2. The largest absolute Gasteiger partial charge is 0.493 e. The predicted octanol–water partition coefficient (Wildman–Crippen LogP) is 3.89. The molecule has 0 unspecified atom stereocenters. The van der Waals surface area contributed by atoms with Gasteiger partial charge < -0.3 is 20.1 Å². The molecule has 2 aromatic carbocycles. The maximum Gasteiger partial charge on any atom is 0.253 e. The highest BCUT2D eigenvalue weighted by molar-refractivity contribution is 6.07. The normalized spacial score (nSPS) is 10.5. The van der Waals surface area contributed by atoms with Gasteiger partial charge in [-0.1, -0.05) is 31.5 Å². The first-order valence-corrected chi connectivity index (χ1v) is 9.17. The Kier molecular flexibility index (Phi) is 8.09. The second-order valence-corrected chi connectivity index (χ2v) is 6.09. The lowest BCUT2D eigenvalue weighted by atomic mass is 10.1. The minimum Gasteiger partial charge on any atom is -0.493 e. The third-order valence-corrected chi connectivity index (χ3v) is 4.08. The molecule has 0 atom stereocenters. The van der Waals surface area contributed by atoms with Gasteiger partial charge in [0.2, 0.25) is 5.91 Å². The Bertz CT molecular complexity index is 846. The lowest BCUT2D eigenvalue weighted by molar-refractivity contribution is -0.111. The second-order valence-electron chi connectivity index (χ2n) is 6.09. The number of rotatable bonds is 9. The summed E-state index contributed by atoms with van der Waals surface area (Å²) in [6.45, 7) is 2.67. The van der Waals surface area contributed by atoms with Gasteiger partial charge in [-0.15, -0.1) is 0 Å². The van der Waals surface area contributed by atoms with E-state index in [1.54, 1.807) is 56.7 Å².